The molecule has 3 aliphatic rings. The molecule has 4 heterocycles. The van der Waals surface area contributed by atoms with Gasteiger partial charge in [0.1, 0.15) is 30.2 Å². The summed E-state index contributed by atoms with van der Waals surface area (Å²) in [5.41, 5.74) is 8.55. The van der Waals surface area contributed by atoms with E-state index < -0.39 is 36.0 Å². The molecule has 1 saturated carbocycles. The summed E-state index contributed by atoms with van der Waals surface area (Å²) < 4.78 is 24.6. The number of hydrogen-bond acceptors (Lipinski definition) is 9. The Balaban J connectivity index is 0.907. The number of nitrogens with one attached hydrogen (secondary N) is 1. The van der Waals surface area contributed by atoms with Gasteiger partial charge in [0, 0.05) is 48.6 Å². The molecule has 0 saturated heterocycles. The van der Waals surface area contributed by atoms with Gasteiger partial charge in [-0.05, 0) is 121 Å². The number of carboxylic acids is 1. The molecule has 9 rings (SSSR count). The monoisotopic (exact) mass is 866 g/mol. The molecular formula is C50H47ClN4O8. The molecule has 6 aromatic rings. The lowest BCUT2D eigenvalue weighted by Crippen LogP contribution is -2.56. The van der Waals surface area contributed by atoms with Gasteiger partial charge in [-0.1, -0.05) is 60.1 Å². The zero-order chi connectivity index (χ0) is 44.0. The van der Waals surface area contributed by atoms with Gasteiger partial charge >= 0.3 is 5.97 Å². The number of hydrogen-bond donors (Lipinski definition) is 2. The highest BCUT2D eigenvalue weighted by Crippen LogP contribution is 2.49. The van der Waals surface area contributed by atoms with Gasteiger partial charge in [-0.15, -0.1) is 0 Å². The van der Waals surface area contributed by atoms with E-state index >= 15 is 0 Å². The molecule has 63 heavy (non-hydrogen) atoms. The van der Waals surface area contributed by atoms with Crippen LogP contribution in [-0.2, 0) is 34.4 Å². The van der Waals surface area contributed by atoms with Crippen LogP contribution in [0.5, 0.6) is 17.2 Å². The van der Waals surface area contributed by atoms with E-state index in [4.69, 9.17) is 30.2 Å². The third kappa shape index (κ3) is 8.60. The number of ether oxygens (including phenoxy) is 3. The number of aliphatic carboxylic acids is 1. The van der Waals surface area contributed by atoms with Gasteiger partial charge in [0.25, 0.3) is 5.91 Å². The van der Waals surface area contributed by atoms with Crippen molar-refractivity contribution >= 4 is 29.4 Å². The molecule has 12 nitrogen and oxygen atoms in total. The number of halogens is 1. The van der Waals surface area contributed by atoms with Crippen molar-refractivity contribution in [3.63, 3.8) is 0 Å². The van der Waals surface area contributed by atoms with Crippen LogP contribution in [0.4, 0.5) is 0 Å². The van der Waals surface area contributed by atoms with Crippen LogP contribution in [0, 0.1) is 27.7 Å². The normalized spacial score (nSPS) is 17.6. The summed E-state index contributed by atoms with van der Waals surface area (Å²) >= 11 is 6.11. The predicted octanol–water partition coefficient (Wildman–Crippen LogP) is 8.63. The second-order valence-corrected chi connectivity index (χ2v) is 17.2. The topological polar surface area (TPSA) is 153 Å². The average Bonchev–Trinajstić information content (AvgIpc) is 4.00. The van der Waals surface area contributed by atoms with Crippen LogP contribution in [0.3, 0.4) is 0 Å². The van der Waals surface area contributed by atoms with Crippen molar-refractivity contribution in [1.82, 2.24) is 20.2 Å². The van der Waals surface area contributed by atoms with Crippen LogP contribution < -0.4 is 19.5 Å². The predicted molar refractivity (Wildman–Crippen MR) is 235 cm³/mol. The van der Waals surface area contributed by atoms with E-state index in [0.717, 1.165) is 68.3 Å². The molecule has 2 aliphatic heterocycles. The molecular weight excluding hydrogens is 820 g/mol. The van der Waals surface area contributed by atoms with Crippen LogP contribution in [0.1, 0.15) is 80.2 Å². The first kappa shape index (κ1) is 41.7. The highest BCUT2D eigenvalue weighted by atomic mass is 35.5. The smallest absolute Gasteiger partial charge is 0.326 e. The molecule has 0 spiro atoms. The Labute approximate surface area is 370 Å². The third-order valence-corrected chi connectivity index (χ3v) is 12.8. The Kier molecular flexibility index (Phi) is 11.2. The molecule has 2 aromatic heterocycles. The Bertz CT molecular complexity index is 2710. The lowest BCUT2D eigenvalue weighted by Gasteiger charge is -2.37. The third-order valence-electron chi connectivity index (χ3n) is 12.6. The number of carboxylic acid groups (broad SMARTS) is 1. The van der Waals surface area contributed by atoms with E-state index in [0.29, 0.717) is 29.8 Å². The Morgan fingerprint density at radius 2 is 1.67 bits per heavy atom. The minimum Gasteiger partial charge on any atom is -0.493 e. The quantitative estimate of drug-likeness (QED) is 0.122. The Morgan fingerprint density at radius 1 is 0.937 bits per heavy atom. The van der Waals surface area contributed by atoms with Crippen LogP contribution in [0.2, 0.25) is 5.02 Å². The molecule has 2 N–H and O–H groups in total. The Hall–Kier alpha value is -6.66. The lowest BCUT2D eigenvalue weighted by molar-refractivity contribution is -0.142. The molecule has 1 fully saturated rings. The summed E-state index contributed by atoms with van der Waals surface area (Å²) in [5, 5.41) is 13.8. The number of nitrogens with zero attached hydrogens (tertiary/aromatic N) is 3. The number of carbonyl (C=O) groups excluding carboxylic acids is 2. The van der Waals surface area contributed by atoms with Crippen molar-refractivity contribution in [3.05, 3.63) is 159 Å². The van der Waals surface area contributed by atoms with Gasteiger partial charge in [-0.25, -0.2) is 9.78 Å². The highest BCUT2D eigenvalue weighted by molar-refractivity contribution is 6.30. The summed E-state index contributed by atoms with van der Waals surface area (Å²) in [5.74, 6) is 0.140. The van der Waals surface area contributed by atoms with Crippen LogP contribution in [0.25, 0.3) is 11.1 Å². The molecule has 3 atom stereocenters. The number of carbonyl (C=O) groups is 3. The maximum absolute atomic E-state index is 14.3. The van der Waals surface area contributed by atoms with Gasteiger partial charge in [0.2, 0.25) is 5.91 Å². The van der Waals surface area contributed by atoms with E-state index in [1.165, 1.54) is 10.5 Å². The van der Waals surface area contributed by atoms with Crippen LogP contribution in [-0.4, -0.2) is 63.1 Å². The fourth-order valence-electron chi connectivity index (χ4n) is 8.57. The van der Waals surface area contributed by atoms with E-state index in [1.807, 2.05) is 92.7 Å². The molecule has 13 heteroatoms. The number of pyridine rings is 1. The van der Waals surface area contributed by atoms with Crippen molar-refractivity contribution < 1.29 is 38.1 Å². The number of rotatable bonds is 12. The maximum Gasteiger partial charge on any atom is 0.326 e. The van der Waals surface area contributed by atoms with Crippen molar-refractivity contribution in [1.29, 1.82) is 0 Å². The minimum absolute atomic E-state index is 0.0121. The van der Waals surface area contributed by atoms with Crippen molar-refractivity contribution in [2.75, 3.05) is 13.2 Å². The number of aryl methyl sites for hydroxylation is 3. The van der Waals surface area contributed by atoms with Gasteiger partial charge in [-0.2, -0.15) is 0 Å². The molecule has 0 radical (unpaired) electrons. The molecule has 0 bridgehead atoms. The first-order valence-corrected chi connectivity index (χ1v) is 21.5. The number of aromatic nitrogens is 2. The van der Waals surface area contributed by atoms with E-state index in [2.05, 4.69) is 27.4 Å². The minimum atomic E-state index is -1.26. The van der Waals surface area contributed by atoms with E-state index in [1.54, 1.807) is 20.0 Å². The summed E-state index contributed by atoms with van der Waals surface area (Å²) in [6.45, 7) is 8.14. The zero-order valence-corrected chi connectivity index (χ0v) is 36.2. The molecule has 4 aromatic carbocycles. The number of amides is 2. The van der Waals surface area contributed by atoms with Crippen molar-refractivity contribution in [2.24, 2.45) is 0 Å². The summed E-state index contributed by atoms with van der Waals surface area (Å²) in [6, 6.07) is 26.8. The highest BCUT2D eigenvalue weighted by Gasteiger charge is 2.45. The first-order chi connectivity index (χ1) is 30.3. The van der Waals surface area contributed by atoms with Gasteiger partial charge in [0.15, 0.2) is 29.2 Å². The standard InChI is InChI=1S/C50H47ClN4O8/c1-28-29(2)52-20-17-40(28)33-7-5-32(6-8-33)21-41(49(58)59)54-47(56)42-22-35-23-43-44(24-36(35)25-55(42)48(57)46-30(3)62-31(4)53-46)63-45(26-60-43)34-9-15-39(16-10-34)61-27-50(18-19-50)37-11-13-38(51)14-12-37/h5-17,20,23-24,41-42,45H,18-19,21-22,25-27H2,1-4H3,(H,54,56)(H,58,59)/t41-,42-,45+/m0/s1. The number of benzene rings is 4. The Morgan fingerprint density at radius 3 is 2.35 bits per heavy atom. The van der Waals surface area contributed by atoms with E-state index in [-0.39, 0.29) is 37.1 Å². The summed E-state index contributed by atoms with van der Waals surface area (Å²) in [7, 11) is 0. The summed E-state index contributed by atoms with van der Waals surface area (Å²) in [4.78, 5) is 51.3. The van der Waals surface area contributed by atoms with Gasteiger partial charge in [0.05, 0.1) is 6.61 Å². The molecule has 322 valence electrons. The second-order valence-electron chi connectivity index (χ2n) is 16.8. The van der Waals surface area contributed by atoms with Crippen LogP contribution >= 0.6 is 11.6 Å². The van der Waals surface area contributed by atoms with Crippen molar-refractivity contribution in [3.8, 4) is 28.4 Å². The fourth-order valence-corrected chi connectivity index (χ4v) is 8.70. The maximum atomic E-state index is 14.3. The first-order valence-electron chi connectivity index (χ1n) is 21.1. The molecule has 0 unspecified atom stereocenters. The molecule has 2 amide bonds. The number of fused-ring (bicyclic) bond motifs is 2. The van der Waals surface area contributed by atoms with Crippen LogP contribution in [0.15, 0.2) is 102 Å². The molecule has 1 aliphatic carbocycles. The van der Waals surface area contributed by atoms with Crippen molar-refractivity contribution in [2.45, 2.75) is 83.5 Å². The second kappa shape index (κ2) is 16.9. The summed E-state index contributed by atoms with van der Waals surface area (Å²) in [6.07, 6.45) is 3.64. The SMILES string of the molecule is Cc1nc(C(=O)N2Cc3cc4c(cc3C[C@H]2C(=O)N[C@@H](Cc2ccc(-c3ccnc(C)c3C)cc2)C(=O)O)OC[C@H](c2ccc(OCC3(c5ccc(Cl)cc5)CC3)cc2)O4)c(C)o1. The van der Waals surface area contributed by atoms with Gasteiger partial charge < -0.3 is 34.0 Å². The number of oxazole rings is 1. The largest absolute Gasteiger partial charge is 0.493 e. The van der Waals surface area contributed by atoms with E-state index in [9.17, 15) is 19.5 Å². The lowest BCUT2D eigenvalue weighted by atomic mass is 9.91. The average molecular weight is 867 g/mol. The fraction of sp³-hybridized carbons (Fsp3) is 0.300. The van der Waals surface area contributed by atoms with Gasteiger partial charge in [-0.3, -0.25) is 14.6 Å². The zero-order valence-electron chi connectivity index (χ0n) is 35.4.